The first kappa shape index (κ1) is 23.5. The average molecular weight is 525 g/mol. The van der Waals surface area contributed by atoms with Crippen LogP contribution in [-0.4, -0.2) is 76.1 Å². The van der Waals surface area contributed by atoms with Crippen molar-refractivity contribution in [1.82, 2.24) is 19.3 Å². The van der Waals surface area contributed by atoms with E-state index in [9.17, 15) is 4.21 Å². The van der Waals surface area contributed by atoms with Gasteiger partial charge < -0.3 is 14.4 Å². The highest BCUT2D eigenvalue weighted by atomic mass is 35.5. The summed E-state index contributed by atoms with van der Waals surface area (Å²) in [5.74, 6) is -0.538. The largest absolute Gasteiger partial charge is 0.379 e. The summed E-state index contributed by atoms with van der Waals surface area (Å²) < 4.78 is 43.8. The summed E-state index contributed by atoms with van der Waals surface area (Å²) in [5.41, 5.74) is 1.42. The van der Waals surface area contributed by atoms with Gasteiger partial charge in [0, 0.05) is 37.9 Å². The number of thiazole rings is 1. The summed E-state index contributed by atoms with van der Waals surface area (Å²) >= 11 is 5.86. The lowest BCUT2D eigenvalue weighted by Crippen LogP contribution is -2.40. The van der Waals surface area contributed by atoms with Crippen LogP contribution in [0.15, 0.2) is 30.5 Å². The van der Waals surface area contributed by atoms with E-state index in [0.29, 0.717) is 68.9 Å². The molecule has 3 aromatic rings. The van der Waals surface area contributed by atoms with Gasteiger partial charge in [0.25, 0.3) is 0 Å². The first-order chi connectivity index (χ1) is 16.6. The molecule has 13 heteroatoms. The van der Waals surface area contributed by atoms with E-state index in [1.165, 1.54) is 11.3 Å². The summed E-state index contributed by atoms with van der Waals surface area (Å²) in [6.45, 7) is 4.59. The maximum absolute atomic E-state index is 15.7. The van der Waals surface area contributed by atoms with Crippen molar-refractivity contribution in [3.63, 3.8) is 0 Å². The SMILES string of the molecule is O=S(Nc1cccc(-c2nc(N3CCOCC3)sc2-c2ccnc(Cl)n2)c1F)N1CCOCC1. The highest BCUT2D eigenvalue weighted by Gasteiger charge is 2.25. The van der Waals surface area contributed by atoms with Crippen molar-refractivity contribution in [2.45, 2.75) is 0 Å². The van der Waals surface area contributed by atoms with Crippen molar-refractivity contribution in [3.8, 4) is 21.8 Å². The molecule has 1 atom stereocenters. The zero-order chi connectivity index (χ0) is 23.5. The predicted octanol–water partition coefficient (Wildman–Crippen LogP) is 3.22. The maximum Gasteiger partial charge on any atom is 0.222 e. The highest BCUT2D eigenvalue weighted by molar-refractivity contribution is 7.84. The monoisotopic (exact) mass is 524 g/mol. The Balaban J connectivity index is 1.52. The number of anilines is 2. The highest BCUT2D eigenvalue weighted by Crippen LogP contribution is 2.41. The topological polar surface area (TPSA) is 92.7 Å². The fraction of sp³-hybridized carbons (Fsp3) is 0.381. The number of aromatic nitrogens is 3. The molecule has 1 N–H and O–H groups in total. The lowest BCUT2D eigenvalue weighted by molar-refractivity contribution is 0.0754. The first-order valence-corrected chi connectivity index (χ1v) is 13.0. The van der Waals surface area contributed by atoms with E-state index < -0.39 is 17.0 Å². The Labute approximate surface area is 207 Å². The van der Waals surface area contributed by atoms with Gasteiger partial charge in [0.05, 0.1) is 48.4 Å². The third kappa shape index (κ3) is 5.07. The molecule has 180 valence electrons. The van der Waals surface area contributed by atoms with E-state index in [1.807, 2.05) is 0 Å². The van der Waals surface area contributed by atoms with E-state index in [-0.39, 0.29) is 16.5 Å². The number of nitrogens with one attached hydrogen (secondary N) is 1. The fourth-order valence-electron chi connectivity index (χ4n) is 3.68. The molecule has 1 unspecified atom stereocenters. The Bertz CT molecular complexity index is 1190. The smallest absolute Gasteiger partial charge is 0.222 e. The number of ether oxygens (including phenoxy) is 2. The van der Waals surface area contributed by atoms with Crippen LogP contribution in [0.2, 0.25) is 5.28 Å². The molecule has 0 spiro atoms. The average Bonchev–Trinajstić information content (AvgIpc) is 3.32. The lowest BCUT2D eigenvalue weighted by atomic mass is 10.1. The van der Waals surface area contributed by atoms with Gasteiger partial charge in [0.15, 0.2) is 22.1 Å². The van der Waals surface area contributed by atoms with Crippen LogP contribution < -0.4 is 9.62 Å². The van der Waals surface area contributed by atoms with Gasteiger partial charge in [0.2, 0.25) is 5.28 Å². The van der Waals surface area contributed by atoms with E-state index in [1.54, 1.807) is 34.8 Å². The lowest BCUT2D eigenvalue weighted by Gasteiger charge is -2.26. The van der Waals surface area contributed by atoms with Gasteiger partial charge in [-0.2, -0.15) is 0 Å². The van der Waals surface area contributed by atoms with Gasteiger partial charge in [-0.3, -0.25) is 4.72 Å². The van der Waals surface area contributed by atoms with E-state index in [0.717, 1.165) is 5.13 Å². The summed E-state index contributed by atoms with van der Waals surface area (Å²) in [4.78, 5) is 15.9. The van der Waals surface area contributed by atoms with Crippen LogP contribution in [0.4, 0.5) is 15.2 Å². The maximum atomic E-state index is 15.7. The number of nitrogens with zero attached hydrogens (tertiary/aromatic N) is 5. The summed E-state index contributed by atoms with van der Waals surface area (Å²) in [6.07, 6.45) is 1.56. The van der Waals surface area contributed by atoms with Crippen LogP contribution >= 0.6 is 22.9 Å². The molecule has 2 aromatic heterocycles. The summed E-state index contributed by atoms with van der Waals surface area (Å²) in [7, 11) is 0. The van der Waals surface area contributed by atoms with Crippen molar-refractivity contribution in [2.24, 2.45) is 0 Å². The molecule has 1 aromatic carbocycles. The van der Waals surface area contributed by atoms with Crippen LogP contribution in [0.1, 0.15) is 0 Å². The summed E-state index contributed by atoms with van der Waals surface area (Å²) in [6, 6.07) is 6.65. The van der Waals surface area contributed by atoms with Gasteiger partial charge in [-0.25, -0.2) is 27.9 Å². The number of benzene rings is 1. The first-order valence-electron chi connectivity index (χ1n) is 10.7. The molecule has 0 saturated carbocycles. The van der Waals surface area contributed by atoms with E-state index >= 15 is 4.39 Å². The molecule has 2 aliphatic rings. The molecular weight excluding hydrogens is 503 g/mol. The third-order valence-electron chi connectivity index (χ3n) is 5.41. The zero-order valence-electron chi connectivity index (χ0n) is 18.1. The molecule has 0 amide bonds. The minimum atomic E-state index is -1.59. The van der Waals surface area contributed by atoms with Crippen LogP contribution in [0.3, 0.4) is 0 Å². The molecule has 0 aliphatic carbocycles. The fourth-order valence-corrected chi connectivity index (χ4v) is 5.89. The Hall–Kier alpha value is -2.22. The van der Waals surface area contributed by atoms with Gasteiger partial charge in [0.1, 0.15) is 0 Å². The Kier molecular flexibility index (Phi) is 7.32. The molecule has 2 fully saturated rings. The molecule has 2 saturated heterocycles. The van der Waals surface area contributed by atoms with Crippen LogP contribution in [0.25, 0.3) is 21.8 Å². The van der Waals surface area contributed by atoms with Crippen molar-refractivity contribution in [2.75, 3.05) is 62.2 Å². The predicted molar refractivity (Wildman–Crippen MR) is 131 cm³/mol. The molecular formula is C21H22ClFN6O3S2. The quantitative estimate of drug-likeness (QED) is 0.495. The molecule has 9 nitrogen and oxygen atoms in total. The molecule has 5 rings (SSSR count). The van der Waals surface area contributed by atoms with Crippen molar-refractivity contribution >= 4 is 44.9 Å². The van der Waals surface area contributed by atoms with Gasteiger partial charge in [-0.15, -0.1) is 0 Å². The number of hydrogen-bond acceptors (Lipinski definition) is 8. The van der Waals surface area contributed by atoms with Crippen molar-refractivity contribution < 1.29 is 18.1 Å². The second kappa shape index (κ2) is 10.6. The van der Waals surface area contributed by atoms with E-state index in [2.05, 4.69) is 19.6 Å². The van der Waals surface area contributed by atoms with Gasteiger partial charge in [-0.1, -0.05) is 17.4 Å². The summed E-state index contributed by atoms with van der Waals surface area (Å²) in [5, 5.41) is 0.847. The van der Waals surface area contributed by atoms with Crippen LogP contribution in [0, 0.1) is 5.82 Å². The van der Waals surface area contributed by atoms with Gasteiger partial charge >= 0.3 is 0 Å². The Morgan fingerprint density at radius 3 is 2.53 bits per heavy atom. The molecule has 34 heavy (non-hydrogen) atoms. The number of halogens is 2. The Morgan fingerprint density at radius 1 is 1.06 bits per heavy atom. The van der Waals surface area contributed by atoms with Crippen molar-refractivity contribution in [1.29, 1.82) is 0 Å². The molecule has 0 radical (unpaired) electrons. The van der Waals surface area contributed by atoms with Crippen LogP contribution in [0.5, 0.6) is 0 Å². The van der Waals surface area contributed by atoms with Crippen molar-refractivity contribution in [3.05, 3.63) is 41.6 Å². The normalized spacial score (nSPS) is 18.1. The molecule has 2 aliphatic heterocycles. The third-order valence-corrected chi connectivity index (χ3v) is 7.96. The van der Waals surface area contributed by atoms with E-state index in [4.69, 9.17) is 26.1 Å². The second-order valence-electron chi connectivity index (χ2n) is 7.54. The second-order valence-corrected chi connectivity index (χ2v) is 10.1. The Morgan fingerprint density at radius 2 is 1.79 bits per heavy atom. The molecule has 4 heterocycles. The zero-order valence-corrected chi connectivity index (χ0v) is 20.5. The number of rotatable bonds is 6. The minimum Gasteiger partial charge on any atom is -0.379 e. The standard InChI is InChI=1S/C21H22ClFN6O3S2/c22-20-24-5-4-16(25-20)19-18(26-21(33-19)28-6-10-31-11-7-28)14-2-1-3-15(17(14)23)27-34(30)29-8-12-32-13-9-29/h1-5,27H,6-13H2. The molecule has 0 bridgehead atoms. The number of hydrogen-bond donors (Lipinski definition) is 1. The van der Waals surface area contributed by atoms with Gasteiger partial charge in [-0.05, 0) is 29.8 Å². The minimum absolute atomic E-state index is 0.0987. The van der Waals surface area contributed by atoms with Crippen LogP contribution in [-0.2, 0) is 20.6 Å². The number of morpholine rings is 2.